The molecule has 2 aromatic rings. The molecule has 3 N–H and O–H groups in total. The Hall–Kier alpha value is -3.01. The van der Waals surface area contributed by atoms with E-state index in [0.717, 1.165) is 17.1 Å². The lowest BCUT2D eigenvalue weighted by molar-refractivity contribution is -0.125. The van der Waals surface area contributed by atoms with E-state index in [2.05, 4.69) is 25.3 Å². The highest BCUT2D eigenvalue weighted by atomic mass is 32.1. The summed E-state index contributed by atoms with van der Waals surface area (Å²) >= 11 is 1.14. The molecule has 0 bridgehead atoms. The van der Waals surface area contributed by atoms with E-state index in [9.17, 15) is 14.4 Å². The van der Waals surface area contributed by atoms with Crippen molar-refractivity contribution >= 4 is 34.6 Å². The quantitative estimate of drug-likeness (QED) is 0.682. The zero-order valence-electron chi connectivity index (χ0n) is 15.3. The number of hydrogen-bond acceptors (Lipinski definition) is 6. The third-order valence-electron chi connectivity index (χ3n) is 5.34. The summed E-state index contributed by atoms with van der Waals surface area (Å²) in [4.78, 5) is 42.1. The molecule has 10 heteroatoms. The Balaban J connectivity index is 1.34. The highest BCUT2D eigenvalue weighted by Gasteiger charge is 2.48. The summed E-state index contributed by atoms with van der Waals surface area (Å²) in [7, 11) is 0. The first-order valence-corrected chi connectivity index (χ1v) is 9.82. The molecule has 0 spiro atoms. The minimum Gasteiger partial charge on any atom is -0.324 e. The van der Waals surface area contributed by atoms with Crippen LogP contribution in [0.4, 0.5) is 14.7 Å². The van der Waals surface area contributed by atoms with Gasteiger partial charge < -0.3 is 10.2 Å². The van der Waals surface area contributed by atoms with Gasteiger partial charge in [-0.25, -0.2) is 9.59 Å². The third-order valence-corrected chi connectivity index (χ3v) is 5.97. The molecule has 28 heavy (non-hydrogen) atoms. The van der Waals surface area contributed by atoms with Crippen LogP contribution in [0.1, 0.15) is 19.8 Å². The van der Waals surface area contributed by atoms with E-state index in [1.165, 1.54) is 0 Å². The molecule has 2 aliphatic heterocycles. The van der Waals surface area contributed by atoms with E-state index in [-0.39, 0.29) is 17.9 Å². The van der Waals surface area contributed by atoms with Crippen LogP contribution >= 0.6 is 11.5 Å². The summed E-state index contributed by atoms with van der Waals surface area (Å²) in [6, 6.07) is 8.87. The summed E-state index contributed by atoms with van der Waals surface area (Å²) in [5.74, 6) is 0.257. The van der Waals surface area contributed by atoms with E-state index >= 15 is 0 Å². The average Bonchev–Trinajstić information content (AvgIpc) is 3.27. The number of urea groups is 2. The molecule has 2 fully saturated rings. The molecule has 146 valence electrons. The second-order valence-corrected chi connectivity index (χ2v) is 7.84. The Morgan fingerprint density at radius 1 is 1.25 bits per heavy atom. The summed E-state index contributed by atoms with van der Waals surface area (Å²) in [6.07, 6.45) is 1.26. The fourth-order valence-electron chi connectivity index (χ4n) is 3.65. The number of hydrogen-bond donors (Lipinski definition) is 3. The number of piperidine rings is 1. The van der Waals surface area contributed by atoms with Gasteiger partial charge in [-0.3, -0.25) is 15.4 Å². The number of likely N-dealkylation sites (tertiary alicyclic amines) is 1. The molecular weight excluding hydrogens is 380 g/mol. The van der Waals surface area contributed by atoms with Crippen molar-refractivity contribution in [2.45, 2.75) is 25.3 Å². The van der Waals surface area contributed by atoms with Gasteiger partial charge in [-0.05, 0) is 25.7 Å². The molecule has 5 amide bonds. The van der Waals surface area contributed by atoms with Crippen molar-refractivity contribution in [3.05, 3.63) is 30.3 Å². The van der Waals surface area contributed by atoms with Gasteiger partial charge in [0.2, 0.25) is 5.13 Å². The first-order chi connectivity index (χ1) is 13.5. The van der Waals surface area contributed by atoms with Gasteiger partial charge in [-0.15, -0.1) is 0 Å². The smallest absolute Gasteiger partial charge is 0.323 e. The largest absolute Gasteiger partial charge is 0.324 e. The number of aromatic nitrogens is 2. The van der Waals surface area contributed by atoms with Crippen molar-refractivity contribution in [1.82, 2.24) is 24.9 Å². The maximum absolute atomic E-state index is 12.5. The second kappa shape index (κ2) is 7.19. The van der Waals surface area contributed by atoms with Crippen LogP contribution in [0.5, 0.6) is 0 Å². The number of nitrogens with one attached hydrogen (secondary N) is 3. The normalized spacial score (nSPS) is 22.7. The van der Waals surface area contributed by atoms with Crippen LogP contribution in [0, 0.1) is 5.92 Å². The van der Waals surface area contributed by atoms with E-state index < -0.39 is 11.6 Å². The Morgan fingerprint density at radius 2 is 1.96 bits per heavy atom. The summed E-state index contributed by atoms with van der Waals surface area (Å²) in [5, 5.41) is 8.25. The van der Waals surface area contributed by atoms with Crippen LogP contribution in [-0.2, 0) is 4.79 Å². The van der Waals surface area contributed by atoms with Crippen LogP contribution in [-0.4, -0.2) is 50.9 Å². The molecule has 2 saturated heterocycles. The van der Waals surface area contributed by atoms with Crippen LogP contribution < -0.4 is 16.0 Å². The van der Waals surface area contributed by atoms with Crippen LogP contribution in [0.3, 0.4) is 0 Å². The Morgan fingerprint density at radius 3 is 2.61 bits per heavy atom. The molecule has 1 unspecified atom stereocenters. The lowest BCUT2D eigenvalue weighted by Crippen LogP contribution is -2.54. The molecule has 1 aromatic heterocycles. The van der Waals surface area contributed by atoms with Gasteiger partial charge in [0.25, 0.3) is 5.91 Å². The summed E-state index contributed by atoms with van der Waals surface area (Å²) in [5.41, 5.74) is -0.0195. The predicted octanol–water partition coefficient (Wildman–Crippen LogP) is 2.05. The zero-order valence-corrected chi connectivity index (χ0v) is 16.1. The van der Waals surface area contributed by atoms with E-state index in [4.69, 9.17) is 0 Å². The minimum atomic E-state index is -0.913. The van der Waals surface area contributed by atoms with Crippen molar-refractivity contribution in [3.8, 4) is 11.4 Å². The van der Waals surface area contributed by atoms with E-state index in [1.807, 2.05) is 30.3 Å². The summed E-state index contributed by atoms with van der Waals surface area (Å²) in [6.45, 7) is 2.74. The number of carbonyl (C=O) groups excluding carboxylic acids is 3. The molecule has 0 aliphatic carbocycles. The molecule has 1 aromatic carbocycles. The number of carbonyl (C=O) groups is 3. The molecule has 4 rings (SSSR count). The van der Waals surface area contributed by atoms with Gasteiger partial charge in [-0.1, -0.05) is 30.3 Å². The van der Waals surface area contributed by atoms with Gasteiger partial charge in [-0.2, -0.15) is 9.36 Å². The minimum absolute atomic E-state index is 0.0192. The monoisotopic (exact) mass is 400 g/mol. The number of rotatable bonds is 3. The number of benzene rings is 1. The maximum Gasteiger partial charge on any atom is 0.323 e. The van der Waals surface area contributed by atoms with Crippen LogP contribution in [0.25, 0.3) is 11.4 Å². The van der Waals surface area contributed by atoms with Crippen LogP contribution in [0.2, 0.25) is 0 Å². The highest BCUT2D eigenvalue weighted by molar-refractivity contribution is 7.10. The number of imide groups is 1. The van der Waals surface area contributed by atoms with Gasteiger partial charge in [0.05, 0.1) is 0 Å². The first-order valence-electron chi connectivity index (χ1n) is 9.04. The van der Waals surface area contributed by atoms with Crippen molar-refractivity contribution < 1.29 is 14.4 Å². The lowest BCUT2D eigenvalue weighted by Gasteiger charge is -2.38. The topological polar surface area (TPSA) is 116 Å². The Labute approximate surface area is 165 Å². The standard InChI is InChI=1S/C18H20N6O3S/c1-18(14(25)20-15(26)22-18)12-7-9-24(10-8-12)17(27)21-16-19-13(23-28-16)11-5-3-2-4-6-11/h2-6,12H,7-10H2,1H3,(H,19,21,23,27)(H2,20,22,25,26). The van der Waals surface area contributed by atoms with Crippen molar-refractivity contribution in [3.63, 3.8) is 0 Å². The third kappa shape index (κ3) is 3.42. The fraction of sp³-hybridized carbons (Fsp3) is 0.389. The average molecular weight is 400 g/mol. The first kappa shape index (κ1) is 18.4. The fourth-order valence-corrected chi connectivity index (χ4v) is 4.23. The van der Waals surface area contributed by atoms with Crippen molar-refractivity contribution in [2.24, 2.45) is 5.92 Å². The van der Waals surface area contributed by atoms with Crippen molar-refractivity contribution in [2.75, 3.05) is 18.4 Å². The number of nitrogens with zero attached hydrogens (tertiary/aromatic N) is 3. The second-order valence-electron chi connectivity index (χ2n) is 7.09. The number of anilines is 1. The molecule has 3 heterocycles. The predicted molar refractivity (Wildman–Crippen MR) is 104 cm³/mol. The summed E-state index contributed by atoms with van der Waals surface area (Å²) < 4.78 is 4.29. The van der Waals surface area contributed by atoms with Gasteiger partial charge in [0.1, 0.15) is 5.54 Å². The van der Waals surface area contributed by atoms with Gasteiger partial charge in [0, 0.05) is 30.2 Å². The molecule has 2 aliphatic rings. The van der Waals surface area contributed by atoms with E-state index in [1.54, 1.807) is 11.8 Å². The zero-order chi connectivity index (χ0) is 19.7. The Kier molecular flexibility index (Phi) is 4.71. The molecular formula is C18H20N6O3S. The molecule has 1 atom stereocenters. The van der Waals surface area contributed by atoms with Crippen molar-refractivity contribution in [1.29, 1.82) is 0 Å². The van der Waals surface area contributed by atoms with E-state index in [0.29, 0.717) is 36.9 Å². The highest BCUT2D eigenvalue weighted by Crippen LogP contribution is 2.31. The molecule has 9 nitrogen and oxygen atoms in total. The number of amides is 5. The maximum atomic E-state index is 12.5. The Bertz CT molecular complexity index is 909. The molecule has 0 saturated carbocycles. The van der Waals surface area contributed by atoms with Crippen LogP contribution in [0.15, 0.2) is 30.3 Å². The molecule has 0 radical (unpaired) electrons. The van der Waals surface area contributed by atoms with Gasteiger partial charge >= 0.3 is 12.1 Å². The van der Waals surface area contributed by atoms with Gasteiger partial charge in [0.15, 0.2) is 5.82 Å². The lowest BCUT2D eigenvalue weighted by atomic mass is 9.79. The SMILES string of the molecule is CC1(C2CCN(C(=O)Nc3nc(-c4ccccc4)ns3)CC2)NC(=O)NC1=O.